The number of hydrogen-bond donors (Lipinski definition) is 1. The van der Waals surface area contributed by atoms with E-state index in [0.29, 0.717) is 16.5 Å². The van der Waals surface area contributed by atoms with Crippen LogP contribution in [0.2, 0.25) is 5.02 Å². The fourth-order valence-corrected chi connectivity index (χ4v) is 4.86. The Morgan fingerprint density at radius 3 is 2.48 bits per heavy atom. The molecule has 3 aromatic rings. The van der Waals surface area contributed by atoms with Crippen molar-refractivity contribution in [2.75, 3.05) is 23.3 Å². The topological polar surface area (TPSA) is 84.9 Å². The SMILES string of the molecule is COc1ccc(NC(=O)[C@H]2CN(S(=O)(=O)c3ccccc3)c3cc(Cl)ccc3O2)cc1. The molecule has 31 heavy (non-hydrogen) atoms. The Kier molecular flexibility index (Phi) is 5.75. The number of methoxy groups -OCH3 is 1. The van der Waals surface area contributed by atoms with Gasteiger partial charge in [-0.2, -0.15) is 0 Å². The smallest absolute Gasteiger partial charge is 0.267 e. The van der Waals surface area contributed by atoms with E-state index in [1.54, 1.807) is 61.7 Å². The first kappa shape index (κ1) is 21.0. The maximum atomic E-state index is 13.3. The third-order valence-electron chi connectivity index (χ3n) is 4.77. The van der Waals surface area contributed by atoms with Crippen LogP contribution in [-0.2, 0) is 14.8 Å². The first-order chi connectivity index (χ1) is 14.9. The molecule has 1 N–H and O–H groups in total. The van der Waals surface area contributed by atoms with Crippen LogP contribution in [0.4, 0.5) is 11.4 Å². The molecule has 1 heterocycles. The highest BCUT2D eigenvalue weighted by molar-refractivity contribution is 7.92. The van der Waals surface area contributed by atoms with Crippen molar-refractivity contribution >= 4 is 38.9 Å². The van der Waals surface area contributed by atoms with Crippen LogP contribution in [0.15, 0.2) is 77.7 Å². The highest BCUT2D eigenvalue weighted by Crippen LogP contribution is 2.39. The largest absolute Gasteiger partial charge is 0.497 e. The van der Waals surface area contributed by atoms with E-state index < -0.39 is 22.0 Å². The molecule has 0 radical (unpaired) electrons. The Balaban J connectivity index is 1.66. The second-order valence-corrected chi connectivity index (χ2v) is 9.08. The fourth-order valence-electron chi connectivity index (χ4n) is 3.21. The van der Waals surface area contributed by atoms with Crippen LogP contribution >= 0.6 is 11.6 Å². The quantitative estimate of drug-likeness (QED) is 0.626. The van der Waals surface area contributed by atoms with E-state index >= 15 is 0 Å². The van der Waals surface area contributed by atoms with E-state index in [9.17, 15) is 13.2 Å². The maximum absolute atomic E-state index is 13.3. The number of benzene rings is 3. The molecule has 160 valence electrons. The molecule has 0 aromatic heterocycles. The summed E-state index contributed by atoms with van der Waals surface area (Å²) in [6.45, 7) is -0.202. The summed E-state index contributed by atoms with van der Waals surface area (Å²) in [4.78, 5) is 13.0. The summed E-state index contributed by atoms with van der Waals surface area (Å²) >= 11 is 6.10. The normalized spacial score (nSPS) is 15.5. The van der Waals surface area contributed by atoms with Gasteiger partial charge in [-0.1, -0.05) is 29.8 Å². The Labute approximate surface area is 185 Å². The first-order valence-corrected chi connectivity index (χ1v) is 11.2. The van der Waals surface area contributed by atoms with Gasteiger partial charge in [0.05, 0.1) is 24.2 Å². The molecule has 7 nitrogen and oxygen atoms in total. The van der Waals surface area contributed by atoms with Crippen molar-refractivity contribution in [3.63, 3.8) is 0 Å². The van der Waals surface area contributed by atoms with Crippen molar-refractivity contribution in [1.29, 1.82) is 0 Å². The molecule has 1 aliphatic heterocycles. The number of carbonyl (C=O) groups excluding carboxylic acids is 1. The molecule has 4 rings (SSSR count). The van der Waals surface area contributed by atoms with Gasteiger partial charge in [0.15, 0.2) is 6.10 Å². The summed E-state index contributed by atoms with van der Waals surface area (Å²) in [5.41, 5.74) is 0.818. The van der Waals surface area contributed by atoms with E-state index in [4.69, 9.17) is 21.1 Å². The molecule has 0 unspecified atom stereocenters. The van der Waals surface area contributed by atoms with Gasteiger partial charge >= 0.3 is 0 Å². The van der Waals surface area contributed by atoms with Gasteiger partial charge in [0, 0.05) is 10.7 Å². The highest BCUT2D eigenvalue weighted by atomic mass is 35.5. The van der Waals surface area contributed by atoms with Crippen LogP contribution in [0, 0.1) is 0 Å². The summed E-state index contributed by atoms with van der Waals surface area (Å²) in [5, 5.41) is 3.11. The van der Waals surface area contributed by atoms with Crippen LogP contribution in [0.5, 0.6) is 11.5 Å². The minimum atomic E-state index is -3.94. The summed E-state index contributed by atoms with van der Waals surface area (Å²) in [6.07, 6.45) is -1.06. The molecule has 0 saturated heterocycles. The maximum Gasteiger partial charge on any atom is 0.267 e. The minimum Gasteiger partial charge on any atom is -0.497 e. The lowest BCUT2D eigenvalue weighted by atomic mass is 10.2. The van der Waals surface area contributed by atoms with E-state index in [2.05, 4.69) is 5.32 Å². The van der Waals surface area contributed by atoms with E-state index in [1.165, 1.54) is 18.2 Å². The highest BCUT2D eigenvalue weighted by Gasteiger charge is 2.37. The molecular weight excluding hydrogens is 440 g/mol. The standard InChI is InChI=1S/C22H19ClN2O5S/c1-29-17-10-8-16(9-11-17)24-22(26)21-14-25(19-13-15(23)7-12-20(19)30-21)31(27,28)18-5-3-2-4-6-18/h2-13,21H,14H2,1H3,(H,24,26)/t21-/m1/s1. The number of halogens is 1. The number of rotatable bonds is 5. The molecule has 1 aliphatic rings. The molecule has 3 aromatic carbocycles. The van der Waals surface area contributed by atoms with Gasteiger partial charge in [-0.15, -0.1) is 0 Å². The Bertz CT molecular complexity index is 1200. The fraction of sp³-hybridized carbons (Fsp3) is 0.136. The molecule has 1 amide bonds. The number of ether oxygens (including phenoxy) is 2. The molecule has 1 atom stereocenters. The third-order valence-corrected chi connectivity index (χ3v) is 6.80. The van der Waals surface area contributed by atoms with Crippen molar-refractivity contribution < 1.29 is 22.7 Å². The Morgan fingerprint density at radius 1 is 1.10 bits per heavy atom. The van der Waals surface area contributed by atoms with Crippen LogP contribution < -0.4 is 19.1 Å². The monoisotopic (exact) mass is 458 g/mol. The predicted molar refractivity (Wildman–Crippen MR) is 118 cm³/mol. The minimum absolute atomic E-state index is 0.108. The van der Waals surface area contributed by atoms with Crippen molar-refractivity contribution in [3.8, 4) is 11.5 Å². The molecule has 0 bridgehead atoms. The van der Waals surface area contributed by atoms with Gasteiger partial charge in [-0.3, -0.25) is 9.10 Å². The summed E-state index contributed by atoms with van der Waals surface area (Å²) in [7, 11) is -2.39. The van der Waals surface area contributed by atoms with Crippen molar-refractivity contribution in [3.05, 3.63) is 77.8 Å². The number of nitrogens with one attached hydrogen (secondary N) is 1. The number of carbonyl (C=O) groups is 1. The van der Waals surface area contributed by atoms with Crippen molar-refractivity contribution in [1.82, 2.24) is 0 Å². The van der Waals surface area contributed by atoms with Crippen LogP contribution in [0.3, 0.4) is 0 Å². The second-order valence-electron chi connectivity index (χ2n) is 6.79. The zero-order valence-electron chi connectivity index (χ0n) is 16.5. The van der Waals surface area contributed by atoms with Crippen molar-refractivity contribution in [2.24, 2.45) is 0 Å². The van der Waals surface area contributed by atoms with Gasteiger partial charge in [0.1, 0.15) is 11.5 Å². The van der Waals surface area contributed by atoms with E-state index in [1.807, 2.05) is 0 Å². The average Bonchev–Trinajstić information content (AvgIpc) is 2.79. The number of hydrogen-bond acceptors (Lipinski definition) is 5. The molecule has 9 heteroatoms. The number of sulfonamides is 1. The number of nitrogens with zero attached hydrogens (tertiary/aromatic N) is 1. The van der Waals surface area contributed by atoms with Crippen LogP contribution in [0.25, 0.3) is 0 Å². The molecule has 0 saturated carbocycles. The van der Waals surface area contributed by atoms with E-state index in [0.717, 1.165) is 4.31 Å². The van der Waals surface area contributed by atoms with E-state index in [-0.39, 0.29) is 22.9 Å². The van der Waals surface area contributed by atoms with Gasteiger partial charge in [0.25, 0.3) is 15.9 Å². The second kappa shape index (κ2) is 8.49. The summed E-state index contributed by atoms with van der Waals surface area (Å²) in [5.74, 6) is 0.432. The predicted octanol–water partition coefficient (Wildman–Crippen LogP) is 3.94. The summed E-state index contributed by atoms with van der Waals surface area (Å²) in [6, 6.07) is 19.4. The first-order valence-electron chi connectivity index (χ1n) is 9.37. The van der Waals surface area contributed by atoms with Gasteiger partial charge in [-0.05, 0) is 54.6 Å². The zero-order chi connectivity index (χ0) is 22.0. The lowest BCUT2D eigenvalue weighted by molar-refractivity contribution is -0.122. The molecule has 0 fully saturated rings. The number of amides is 1. The van der Waals surface area contributed by atoms with Gasteiger partial charge in [0.2, 0.25) is 0 Å². The van der Waals surface area contributed by atoms with Gasteiger partial charge < -0.3 is 14.8 Å². The molecule has 0 aliphatic carbocycles. The van der Waals surface area contributed by atoms with Crippen LogP contribution in [-0.4, -0.2) is 34.1 Å². The van der Waals surface area contributed by atoms with Crippen LogP contribution in [0.1, 0.15) is 0 Å². The van der Waals surface area contributed by atoms with Crippen molar-refractivity contribution in [2.45, 2.75) is 11.0 Å². The lowest BCUT2D eigenvalue weighted by Gasteiger charge is -2.34. The summed E-state index contributed by atoms with van der Waals surface area (Å²) < 4.78 is 38.8. The Morgan fingerprint density at radius 2 is 1.81 bits per heavy atom. The number of anilines is 2. The van der Waals surface area contributed by atoms with Gasteiger partial charge in [-0.25, -0.2) is 8.42 Å². The lowest BCUT2D eigenvalue weighted by Crippen LogP contribution is -2.48. The number of fused-ring (bicyclic) bond motifs is 1. The molecule has 0 spiro atoms. The Hall–Kier alpha value is -3.23. The zero-order valence-corrected chi connectivity index (χ0v) is 18.1. The average molecular weight is 459 g/mol. The molecular formula is C22H19ClN2O5S. The third kappa shape index (κ3) is 4.30.